The van der Waals surface area contributed by atoms with Crippen LogP contribution < -0.4 is 15.8 Å². The van der Waals surface area contributed by atoms with Crippen LogP contribution in [-0.4, -0.2) is 41.6 Å². The number of aromatic nitrogens is 1. The third kappa shape index (κ3) is 7.14. The number of pyridine rings is 1. The van der Waals surface area contributed by atoms with Crippen LogP contribution in [0.5, 0.6) is 5.75 Å². The van der Waals surface area contributed by atoms with E-state index in [1.165, 1.54) is 16.7 Å². The lowest BCUT2D eigenvalue weighted by molar-refractivity contribution is 0.112. The second-order valence-corrected chi connectivity index (χ2v) is 7.79. The number of guanidine groups is 1. The molecule has 1 unspecified atom stereocenters. The number of rotatable bonds is 5. The first-order valence-corrected chi connectivity index (χ1v) is 10.2. The first-order chi connectivity index (χ1) is 13.7. The minimum Gasteiger partial charge on any atom is -0.490 e. The van der Waals surface area contributed by atoms with Gasteiger partial charge in [0.2, 0.25) is 0 Å². The summed E-state index contributed by atoms with van der Waals surface area (Å²) in [5, 5.41) is 11.2. The number of nitrogens with zero attached hydrogens (tertiary/aromatic N) is 2. The molecule has 1 fully saturated rings. The molecule has 2 aliphatic heterocycles. The average molecular weight is 489 g/mol. The molecule has 2 aromatic rings. The second kappa shape index (κ2) is 13.0. The molecule has 0 saturated carbocycles. The quantitative estimate of drug-likeness (QED) is 0.442. The maximum atomic E-state index is 7.72. The highest BCUT2D eigenvalue weighted by Gasteiger charge is 2.26. The fourth-order valence-electron chi connectivity index (χ4n) is 4.26. The van der Waals surface area contributed by atoms with Crippen LogP contribution in [0.2, 0.25) is 0 Å². The molecule has 2 aliphatic rings. The van der Waals surface area contributed by atoms with Crippen LogP contribution in [0.15, 0.2) is 42.7 Å². The van der Waals surface area contributed by atoms with E-state index in [1.54, 1.807) is 0 Å². The fraction of sp³-hybridized carbons (Fsp3) is 0.455. The Morgan fingerprint density at radius 3 is 2.52 bits per heavy atom. The largest absolute Gasteiger partial charge is 0.490 e. The molecular weight excluding hydrogens is 457 g/mol. The molecule has 0 spiro atoms. The van der Waals surface area contributed by atoms with Gasteiger partial charge in [-0.1, -0.05) is 6.07 Å². The molecule has 0 radical (unpaired) electrons. The zero-order chi connectivity index (χ0) is 19.3. The van der Waals surface area contributed by atoms with Crippen LogP contribution in [0.3, 0.4) is 0 Å². The molecule has 0 bridgehead atoms. The van der Waals surface area contributed by atoms with Crippen molar-refractivity contribution in [3.05, 3.63) is 59.4 Å². The Labute approximate surface area is 203 Å². The van der Waals surface area contributed by atoms with Gasteiger partial charge in [-0.15, -0.1) is 37.2 Å². The van der Waals surface area contributed by atoms with Gasteiger partial charge in [0, 0.05) is 31.9 Å². The van der Waals surface area contributed by atoms with Gasteiger partial charge in [-0.25, -0.2) is 0 Å². The molecule has 9 heteroatoms. The number of ether oxygens (including phenoxy) is 1. The van der Waals surface area contributed by atoms with Crippen molar-refractivity contribution in [1.29, 1.82) is 5.41 Å². The third-order valence-electron chi connectivity index (χ3n) is 5.91. The van der Waals surface area contributed by atoms with Crippen LogP contribution in [0.4, 0.5) is 0 Å². The summed E-state index contributed by atoms with van der Waals surface area (Å²) >= 11 is 0. The monoisotopic (exact) mass is 487 g/mol. The van der Waals surface area contributed by atoms with E-state index >= 15 is 0 Å². The Balaban J connectivity index is 0.00000160. The van der Waals surface area contributed by atoms with Gasteiger partial charge in [-0.3, -0.25) is 10.4 Å². The Morgan fingerprint density at radius 2 is 1.84 bits per heavy atom. The number of fused-ring (bicyclic) bond motifs is 1. The molecule has 1 aromatic heterocycles. The van der Waals surface area contributed by atoms with Gasteiger partial charge in [0.05, 0.1) is 0 Å². The third-order valence-corrected chi connectivity index (χ3v) is 5.91. The SMILES string of the molecule is Cl.Cl.Cl.N=C(N)N1CCc2ccc(OC(Cc3ccncc3)C3CCNCC3)cc2C1. The molecule has 1 saturated heterocycles. The van der Waals surface area contributed by atoms with Crippen LogP contribution in [0.1, 0.15) is 29.5 Å². The molecule has 31 heavy (non-hydrogen) atoms. The van der Waals surface area contributed by atoms with E-state index in [4.69, 9.17) is 15.9 Å². The first kappa shape index (κ1) is 27.3. The molecule has 3 heterocycles. The Kier molecular flexibility index (Phi) is 11.4. The van der Waals surface area contributed by atoms with Crippen molar-refractivity contribution in [3.8, 4) is 5.75 Å². The molecule has 1 atom stereocenters. The van der Waals surface area contributed by atoms with Crippen LogP contribution in [0.25, 0.3) is 0 Å². The van der Waals surface area contributed by atoms with E-state index < -0.39 is 0 Å². The van der Waals surface area contributed by atoms with Crippen LogP contribution in [0, 0.1) is 11.3 Å². The van der Waals surface area contributed by atoms with E-state index in [0.717, 1.165) is 51.1 Å². The van der Waals surface area contributed by atoms with E-state index in [2.05, 4.69) is 40.6 Å². The minimum absolute atomic E-state index is 0. The Hall–Kier alpha value is -1.73. The van der Waals surface area contributed by atoms with Crippen LogP contribution >= 0.6 is 37.2 Å². The van der Waals surface area contributed by atoms with Gasteiger partial charge in [0.15, 0.2) is 5.96 Å². The maximum absolute atomic E-state index is 7.72. The average Bonchev–Trinajstić information content (AvgIpc) is 2.74. The van der Waals surface area contributed by atoms with E-state index in [1.807, 2.05) is 17.3 Å². The lowest BCUT2D eigenvalue weighted by Crippen LogP contribution is -2.40. The van der Waals surface area contributed by atoms with Crippen molar-refractivity contribution in [2.45, 2.75) is 38.3 Å². The van der Waals surface area contributed by atoms with Gasteiger partial charge in [0.25, 0.3) is 0 Å². The van der Waals surface area contributed by atoms with Gasteiger partial charge in [0.1, 0.15) is 11.9 Å². The molecule has 4 N–H and O–H groups in total. The van der Waals surface area contributed by atoms with Gasteiger partial charge in [-0.05, 0) is 79.2 Å². The standard InChI is InChI=1S/C22H29N5O.3ClH/c23-22(24)27-12-7-17-1-2-20(14-19(17)15-27)28-21(18-5-10-26-11-6-18)13-16-3-8-25-9-4-16;;;/h1-4,8-9,14,18,21,26H,5-7,10-13,15H2,(H3,23,24);3*1H. The molecule has 172 valence electrons. The molecule has 4 rings (SSSR count). The summed E-state index contributed by atoms with van der Waals surface area (Å²) in [6.45, 7) is 3.60. The maximum Gasteiger partial charge on any atom is 0.188 e. The van der Waals surface area contributed by atoms with Crippen molar-refractivity contribution in [3.63, 3.8) is 0 Å². The summed E-state index contributed by atoms with van der Waals surface area (Å²) in [4.78, 5) is 6.05. The zero-order valence-electron chi connectivity index (χ0n) is 17.5. The van der Waals surface area contributed by atoms with Gasteiger partial charge in [-0.2, -0.15) is 0 Å². The normalized spacial score (nSPS) is 16.6. The number of benzene rings is 1. The highest BCUT2D eigenvalue weighted by Crippen LogP contribution is 2.28. The summed E-state index contributed by atoms with van der Waals surface area (Å²) in [6, 6.07) is 10.6. The Morgan fingerprint density at radius 1 is 1.13 bits per heavy atom. The van der Waals surface area contributed by atoms with Crippen molar-refractivity contribution in [2.24, 2.45) is 11.7 Å². The lowest BCUT2D eigenvalue weighted by Gasteiger charge is -2.32. The molecular formula is C22H32Cl3N5O. The van der Waals surface area contributed by atoms with Crippen LogP contribution in [-0.2, 0) is 19.4 Å². The highest BCUT2D eigenvalue weighted by atomic mass is 35.5. The summed E-state index contributed by atoms with van der Waals surface area (Å²) in [7, 11) is 0. The fourth-order valence-corrected chi connectivity index (χ4v) is 4.26. The number of halogens is 3. The predicted molar refractivity (Wildman–Crippen MR) is 132 cm³/mol. The summed E-state index contributed by atoms with van der Waals surface area (Å²) in [5.74, 6) is 1.60. The number of piperidine rings is 1. The van der Waals surface area contributed by atoms with Crippen molar-refractivity contribution in [1.82, 2.24) is 15.2 Å². The molecule has 1 aromatic carbocycles. The van der Waals surface area contributed by atoms with Crippen molar-refractivity contribution < 1.29 is 4.74 Å². The van der Waals surface area contributed by atoms with E-state index in [-0.39, 0.29) is 49.3 Å². The second-order valence-electron chi connectivity index (χ2n) is 7.79. The topological polar surface area (TPSA) is 87.3 Å². The Bertz CT molecular complexity index is 818. The predicted octanol–water partition coefficient (Wildman–Crippen LogP) is 3.59. The first-order valence-electron chi connectivity index (χ1n) is 10.2. The van der Waals surface area contributed by atoms with E-state index in [9.17, 15) is 0 Å². The summed E-state index contributed by atoms with van der Waals surface area (Å²) < 4.78 is 6.57. The highest BCUT2D eigenvalue weighted by molar-refractivity contribution is 5.86. The number of hydrogen-bond donors (Lipinski definition) is 3. The number of hydrogen-bond acceptors (Lipinski definition) is 4. The van der Waals surface area contributed by atoms with Gasteiger partial charge < -0.3 is 20.7 Å². The molecule has 0 amide bonds. The van der Waals surface area contributed by atoms with Gasteiger partial charge >= 0.3 is 0 Å². The smallest absolute Gasteiger partial charge is 0.188 e. The summed E-state index contributed by atoms with van der Waals surface area (Å²) in [6.07, 6.45) is 7.94. The van der Waals surface area contributed by atoms with E-state index in [0.29, 0.717) is 12.5 Å². The number of nitrogens with two attached hydrogens (primary N) is 1. The summed E-state index contributed by atoms with van der Waals surface area (Å²) in [5.41, 5.74) is 9.50. The molecule has 0 aliphatic carbocycles. The molecule has 6 nitrogen and oxygen atoms in total. The lowest BCUT2D eigenvalue weighted by atomic mass is 9.88. The zero-order valence-corrected chi connectivity index (χ0v) is 19.9. The van der Waals surface area contributed by atoms with Crippen molar-refractivity contribution in [2.75, 3.05) is 19.6 Å². The minimum atomic E-state index is 0. The van der Waals surface area contributed by atoms with Crippen molar-refractivity contribution >= 4 is 43.2 Å². The number of nitrogens with one attached hydrogen (secondary N) is 2.